The summed E-state index contributed by atoms with van der Waals surface area (Å²) in [6, 6.07) is -0.564. The number of carboxylic acids is 3. The van der Waals surface area contributed by atoms with Gasteiger partial charge in [0.05, 0.1) is 25.3 Å². The van der Waals surface area contributed by atoms with E-state index in [9.17, 15) is 19.2 Å². The molecule has 0 bridgehead atoms. The zero-order chi connectivity index (χ0) is 18.3. The van der Waals surface area contributed by atoms with Crippen LogP contribution in [-0.2, 0) is 19.2 Å². The lowest BCUT2D eigenvalue weighted by molar-refractivity contribution is -0.143. The van der Waals surface area contributed by atoms with Crippen molar-refractivity contribution in [3.8, 4) is 0 Å². The molecule has 0 aliphatic rings. The Balaban J connectivity index is 0. The lowest BCUT2D eigenvalue weighted by atomic mass is 10.1. The number of carbonyl (C=O) groups excluding carboxylic acids is 1. The summed E-state index contributed by atoms with van der Waals surface area (Å²) < 4.78 is 0. The summed E-state index contributed by atoms with van der Waals surface area (Å²) in [6.07, 6.45) is 1.56. The molecule has 23 heavy (non-hydrogen) atoms. The molecule has 1 atom stereocenters. The normalized spacial score (nSPS) is 10.9. The molecule has 0 saturated carbocycles. The molecular weight excluding hydrogens is 310 g/mol. The molecule has 0 aromatic carbocycles. The van der Waals surface area contributed by atoms with Crippen LogP contribution in [0, 0.1) is 0 Å². The zero-order valence-electron chi connectivity index (χ0n) is 12.9. The van der Waals surface area contributed by atoms with E-state index in [4.69, 9.17) is 26.8 Å². The SMILES string of the molecule is NCCCCC(N)C(=O)NCCC(=O)O.O=C(O)CCC(=O)O. The molecule has 0 aliphatic heterocycles. The van der Waals surface area contributed by atoms with E-state index in [1.807, 2.05) is 0 Å². The number of carboxylic acid groups (broad SMARTS) is 3. The average molecular weight is 335 g/mol. The van der Waals surface area contributed by atoms with Gasteiger partial charge in [0.1, 0.15) is 0 Å². The van der Waals surface area contributed by atoms with E-state index < -0.39 is 23.9 Å². The van der Waals surface area contributed by atoms with E-state index >= 15 is 0 Å². The van der Waals surface area contributed by atoms with Crippen molar-refractivity contribution in [1.29, 1.82) is 0 Å². The zero-order valence-corrected chi connectivity index (χ0v) is 12.9. The van der Waals surface area contributed by atoms with E-state index in [1.54, 1.807) is 0 Å². The maximum Gasteiger partial charge on any atom is 0.305 e. The number of hydrogen-bond donors (Lipinski definition) is 6. The molecule has 0 fully saturated rings. The first-order valence-electron chi connectivity index (χ1n) is 7.09. The van der Waals surface area contributed by atoms with Crippen molar-refractivity contribution in [3.63, 3.8) is 0 Å². The molecular formula is C13H25N3O7. The summed E-state index contributed by atoms with van der Waals surface area (Å²) in [6.45, 7) is 0.714. The highest BCUT2D eigenvalue weighted by atomic mass is 16.4. The van der Waals surface area contributed by atoms with Gasteiger partial charge in [-0.3, -0.25) is 19.2 Å². The van der Waals surface area contributed by atoms with Gasteiger partial charge < -0.3 is 32.1 Å². The van der Waals surface area contributed by atoms with Crippen LogP contribution < -0.4 is 16.8 Å². The molecule has 10 heteroatoms. The molecule has 0 radical (unpaired) electrons. The van der Waals surface area contributed by atoms with Crippen LogP contribution in [0.2, 0.25) is 0 Å². The standard InChI is InChI=1S/C9H19N3O3.C4H6O4/c10-5-2-1-3-7(11)9(15)12-6-4-8(13)14;5-3(6)1-2-4(7)8/h7H,1-6,10-11H2,(H,12,15)(H,13,14);1-2H2,(H,5,6)(H,7,8). The average Bonchev–Trinajstić information content (AvgIpc) is 2.45. The van der Waals surface area contributed by atoms with Gasteiger partial charge in [0.15, 0.2) is 0 Å². The maximum absolute atomic E-state index is 11.3. The first-order chi connectivity index (χ1) is 10.7. The molecule has 0 heterocycles. The molecule has 0 aliphatic carbocycles. The van der Waals surface area contributed by atoms with Crippen LogP contribution in [0.15, 0.2) is 0 Å². The van der Waals surface area contributed by atoms with E-state index in [1.165, 1.54) is 0 Å². The number of aliphatic carboxylic acids is 3. The van der Waals surface area contributed by atoms with Crippen molar-refractivity contribution >= 4 is 23.8 Å². The van der Waals surface area contributed by atoms with Gasteiger partial charge in [0, 0.05) is 6.54 Å². The minimum atomic E-state index is -1.08. The molecule has 0 spiro atoms. The molecule has 1 unspecified atom stereocenters. The largest absolute Gasteiger partial charge is 0.481 e. The highest BCUT2D eigenvalue weighted by Gasteiger charge is 2.12. The number of rotatable bonds is 11. The number of unbranched alkanes of at least 4 members (excludes halogenated alkanes) is 1. The Hall–Kier alpha value is -2.20. The Bertz CT molecular complexity index is 374. The van der Waals surface area contributed by atoms with Gasteiger partial charge in [-0.25, -0.2) is 0 Å². The van der Waals surface area contributed by atoms with E-state index in [2.05, 4.69) is 5.32 Å². The second kappa shape index (κ2) is 14.7. The van der Waals surface area contributed by atoms with Crippen molar-refractivity contribution in [1.82, 2.24) is 5.32 Å². The van der Waals surface area contributed by atoms with Crippen LogP contribution in [-0.4, -0.2) is 58.3 Å². The van der Waals surface area contributed by atoms with Crippen molar-refractivity contribution in [2.75, 3.05) is 13.1 Å². The number of hydrogen-bond acceptors (Lipinski definition) is 6. The molecule has 1 amide bonds. The van der Waals surface area contributed by atoms with Gasteiger partial charge in [-0.2, -0.15) is 0 Å². The fraction of sp³-hybridized carbons (Fsp3) is 0.692. The number of nitrogens with two attached hydrogens (primary N) is 2. The molecule has 10 nitrogen and oxygen atoms in total. The highest BCUT2D eigenvalue weighted by Crippen LogP contribution is 1.97. The van der Waals surface area contributed by atoms with Crippen molar-refractivity contribution in [2.45, 2.75) is 44.6 Å². The molecule has 0 aromatic rings. The molecule has 134 valence electrons. The van der Waals surface area contributed by atoms with Crippen LogP contribution in [0.4, 0.5) is 0 Å². The van der Waals surface area contributed by atoms with Gasteiger partial charge in [-0.15, -0.1) is 0 Å². The Morgan fingerprint density at radius 2 is 1.35 bits per heavy atom. The molecule has 0 aromatic heterocycles. The smallest absolute Gasteiger partial charge is 0.305 e. The summed E-state index contributed by atoms with van der Waals surface area (Å²) in [5.74, 6) is -3.39. The van der Waals surface area contributed by atoms with Crippen LogP contribution in [0.5, 0.6) is 0 Å². The number of carbonyl (C=O) groups is 4. The van der Waals surface area contributed by atoms with Crippen LogP contribution in [0.25, 0.3) is 0 Å². The van der Waals surface area contributed by atoms with Gasteiger partial charge in [0.25, 0.3) is 0 Å². The summed E-state index contributed by atoms with van der Waals surface area (Å²) in [5, 5.41) is 26.6. The first-order valence-corrected chi connectivity index (χ1v) is 7.09. The van der Waals surface area contributed by atoms with Crippen molar-refractivity contribution < 1.29 is 34.5 Å². The summed E-state index contributed by atoms with van der Waals surface area (Å²) >= 11 is 0. The third kappa shape index (κ3) is 19.8. The number of amides is 1. The van der Waals surface area contributed by atoms with E-state index in [0.717, 1.165) is 12.8 Å². The lowest BCUT2D eigenvalue weighted by Crippen LogP contribution is -2.41. The Kier molecular flexibility index (Phi) is 14.8. The van der Waals surface area contributed by atoms with Gasteiger partial charge >= 0.3 is 17.9 Å². The molecule has 0 saturated heterocycles. The molecule has 8 N–H and O–H groups in total. The quantitative estimate of drug-likeness (QED) is 0.256. The minimum Gasteiger partial charge on any atom is -0.481 e. The van der Waals surface area contributed by atoms with E-state index in [0.29, 0.717) is 13.0 Å². The third-order valence-electron chi connectivity index (χ3n) is 2.50. The monoisotopic (exact) mass is 335 g/mol. The predicted molar refractivity (Wildman–Crippen MR) is 80.6 cm³/mol. The van der Waals surface area contributed by atoms with Crippen molar-refractivity contribution in [2.24, 2.45) is 11.5 Å². The fourth-order valence-corrected chi connectivity index (χ4v) is 1.28. The lowest BCUT2D eigenvalue weighted by Gasteiger charge is -2.10. The molecule has 0 rings (SSSR count). The second-order valence-corrected chi connectivity index (χ2v) is 4.61. The Morgan fingerprint density at radius 1 is 0.870 bits per heavy atom. The van der Waals surface area contributed by atoms with Crippen molar-refractivity contribution in [3.05, 3.63) is 0 Å². The topological polar surface area (TPSA) is 193 Å². The van der Waals surface area contributed by atoms with Crippen LogP contribution in [0.1, 0.15) is 38.5 Å². The van der Waals surface area contributed by atoms with Gasteiger partial charge in [-0.1, -0.05) is 6.42 Å². The third-order valence-corrected chi connectivity index (χ3v) is 2.50. The number of nitrogens with one attached hydrogen (secondary N) is 1. The predicted octanol–water partition coefficient (Wildman–Crippen LogP) is -1.03. The van der Waals surface area contributed by atoms with Gasteiger partial charge in [0.2, 0.25) is 5.91 Å². The second-order valence-electron chi connectivity index (χ2n) is 4.61. The highest BCUT2D eigenvalue weighted by molar-refractivity contribution is 5.81. The van der Waals surface area contributed by atoms with Crippen LogP contribution in [0.3, 0.4) is 0 Å². The van der Waals surface area contributed by atoms with Gasteiger partial charge in [-0.05, 0) is 19.4 Å². The summed E-state index contributed by atoms with van der Waals surface area (Å²) in [7, 11) is 0. The van der Waals surface area contributed by atoms with Crippen LogP contribution >= 0.6 is 0 Å². The Labute approximate surface area is 133 Å². The Morgan fingerprint density at radius 3 is 1.74 bits per heavy atom. The minimum absolute atomic E-state index is 0.0821. The fourth-order valence-electron chi connectivity index (χ4n) is 1.28. The summed E-state index contributed by atoms with van der Waals surface area (Å²) in [5.41, 5.74) is 10.9. The maximum atomic E-state index is 11.3. The first kappa shape index (κ1) is 23.1. The van der Waals surface area contributed by atoms with E-state index in [-0.39, 0.29) is 31.7 Å². The summed E-state index contributed by atoms with van der Waals surface area (Å²) in [4.78, 5) is 40.7.